The zero-order chi connectivity index (χ0) is 12.2. The summed E-state index contributed by atoms with van der Waals surface area (Å²) in [5.74, 6) is 1.92. The molecule has 2 aromatic heterocycles. The molecule has 0 unspecified atom stereocenters. The Morgan fingerprint density at radius 1 is 1.39 bits per heavy atom. The fourth-order valence-electron chi connectivity index (χ4n) is 1.93. The van der Waals surface area contributed by atoms with E-state index in [9.17, 15) is 0 Å². The van der Waals surface area contributed by atoms with Crippen LogP contribution in [0.4, 0.5) is 0 Å². The first kappa shape index (κ1) is 11.5. The minimum atomic E-state index is 0.724. The quantitative estimate of drug-likeness (QED) is 0.774. The normalized spacial score (nSPS) is 14.6. The van der Waals surface area contributed by atoms with Gasteiger partial charge in [-0.1, -0.05) is 0 Å². The van der Waals surface area contributed by atoms with Crippen LogP contribution in [-0.2, 0) is 0 Å². The summed E-state index contributed by atoms with van der Waals surface area (Å²) in [6.07, 6.45) is 8.84. The molecule has 1 aliphatic heterocycles. The van der Waals surface area contributed by atoms with Crippen molar-refractivity contribution >= 4 is 17.4 Å². The van der Waals surface area contributed by atoms with Crippen LogP contribution in [-0.4, -0.2) is 33.3 Å². The third kappa shape index (κ3) is 2.46. The molecule has 3 rings (SSSR count). The van der Waals surface area contributed by atoms with Crippen molar-refractivity contribution in [3.05, 3.63) is 42.3 Å². The molecule has 0 N–H and O–H groups in total. The fraction of sp³-hybridized carbons (Fsp3) is 0.308. The number of hydrogen-bond donors (Lipinski definition) is 0. The lowest BCUT2D eigenvalue weighted by molar-refractivity contribution is 0.289. The van der Waals surface area contributed by atoms with Gasteiger partial charge in [0.05, 0.1) is 12.5 Å². The summed E-state index contributed by atoms with van der Waals surface area (Å²) in [6.45, 7) is 1.77. The van der Waals surface area contributed by atoms with Crippen molar-refractivity contribution < 1.29 is 4.74 Å². The summed E-state index contributed by atoms with van der Waals surface area (Å²) in [4.78, 5) is 6.58. The standard InChI is InChI=1S/C13H15N3OS/c1-3-12(13-14-4-7-16(13)6-1)17-9-2-5-15-8-10-18-11-15/h1,3-4,6-8,10H,2,5,9,11H2. The highest BCUT2D eigenvalue weighted by atomic mass is 32.2. The summed E-state index contributed by atoms with van der Waals surface area (Å²) in [5, 5.41) is 2.13. The lowest BCUT2D eigenvalue weighted by Crippen LogP contribution is -2.16. The van der Waals surface area contributed by atoms with E-state index in [-0.39, 0.29) is 0 Å². The van der Waals surface area contributed by atoms with Crippen molar-refractivity contribution in [1.29, 1.82) is 0 Å². The van der Waals surface area contributed by atoms with Gasteiger partial charge in [0.2, 0.25) is 0 Å². The van der Waals surface area contributed by atoms with Gasteiger partial charge >= 0.3 is 0 Å². The maximum atomic E-state index is 5.80. The van der Waals surface area contributed by atoms with Crippen LogP contribution in [0, 0.1) is 0 Å². The molecule has 4 nitrogen and oxygen atoms in total. The molecule has 0 saturated carbocycles. The van der Waals surface area contributed by atoms with Gasteiger partial charge in [0, 0.05) is 31.3 Å². The van der Waals surface area contributed by atoms with Crippen molar-refractivity contribution in [2.75, 3.05) is 19.0 Å². The highest BCUT2D eigenvalue weighted by molar-refractivity contribution is 8.02. The highest BCUT2D eigenvalue weighted by Crippen LogP contribution is 2.18. The molecule has 0 spiro atoms. The van der Waals surface area contributed by atoms with Gasteiger partial charge in [0.1, 0.15) is 0 Å². The molecule has 94 valence electrons. The topological polar surface area (TPSA) is 29.8 Å². The molecule has 0 radical (unpaired) electrons. The van der Waals surface area contributed by atoms with Crippen LogP contribution in [0.1, 0.15) is 6.42 Å². The van der Waals surface area contributed by atoms with E-state index in [1.807, 2.05) is 40.7 Å². The molecular formula is C13H15N3OS. The van der Waals surface area contributed by atoms with Gasteiger partial charge in [-0.15, -0.1) is 11.8 Å². The second-order valence-corrected chi connectivity index (χ2v) is 4.99. The predicted molar refractivity (Wildman–Crippen MR) is 73.6 cm³/mol. The SMILES string of the molecule is C1=CN(CCCOc2cccn3ccnc23)CS1. The zero-order valence-corrected chi connectivity index (χ0v) is 10.8. The van der Waals surface area contributed by atoms with Crippen LogP contribution in [0.5, 0.6) is 5.75 Å². The van der Waals surface area contributed by atoms with Gasteiger partial charge in [-0.2, -0.15) is 0 Å². The van der Waals surface area contributed by atoms with E-state index in [1.165, 1.54) is 0 Å². The van der Waals surface area contributed by atoms with Crippen LogP contribution >= 0.6 is 11.8 Å². The van der Waals surface area contributed by atoms with Crippen molar-refractivity contribution in [2.24, 2.45) is 0 Å². The molecule has 0 saturated heterocycles. The number of fused-ring (bicyclic) bond motifs is 1. The van der Waals surface area contributed by atoms with Crippen molar-refractivity contribution in [3.8, 4) is 5.75 Å². The first-order chi connectivity index (χ1) is 8.93. The lowest BCUT2D eigenvalue weighted by Gasteiger charge is -2.14. The van der Waals surface area contributed by atoms with E-state index in [4.69, 9.17) is 4.74 Å². The molecule has 18 heavy (non-hydrogen) atoms. The Labute approximate surface area is 110 Å². The third-order valence-corrected chi connectivity index (χ3v) is 3.63. The number of pyridine rings is 1. The number of imidazole rings is 1. The molecular weight excluding hydrogens is 246 g/mol. The van der Waals surface area contributed by atoms with E-state index < -0.39 is 0 Å². The molecule has 0 aromatic carbocycles. The van der Waals surface area contributed by atoms with Crippen LogP contribution in [0.15, 0.2) is 42.3 Å². The molecule has 0 fully saturated rings. The Morgan fingerprint density at radius 2 is 2.39 bits per heavy atom. The largest absolute Gasteiger partial charge is 0.490 e. The van der Waals surface area contributed by atoms with E-state index in [0.717, 1.165) is 36.8 Å². The van der Waals surface area contributed by atoms with Gasteiger partial charge < -0.3 is 14.0 Å². The number of nitrogens with zero attached hydrogens (tertiary/aromatic N) is 3. The molecule has 0 atom stereocenters. The molecule has 2 aromatic rings. The predicted octanol–water partition coefficient (Wildman–Crippen LogP) is 2.58. The van der Waals surface area contributed by atoms with E-state index >= 15 is 0 Å². The molecule has 5 heteroatoms. The van der Waals surface area contributed by atoms with Gasteiger partial charge in [-0.05, 0) is 24.0 Å². The summed E-state index contributed by atoms with van der Waals surface area (Å²) in [6, 6.07) is 3.94. The maximum Gasteiger partial charge on any atom is 0.179 e. The van der Waals surface area contributed by atoms with E-state index in [0.29, 0.717) is 0 Å². The zero-order valence-electron chi connectivity index (χ0n) is 10.0. The second kappa shape index (κ2) is 5.35. The van der Waals surface area contributed by atoms with Crippen LogP contribution in [0.3, 0.4) is 0 Å². The second-order valence-electron chi connectivity index (χ2n) is 4.13. The Balaban J connectivity index is 1.53. The monoisotopic (exact) mass is 261 g/mol. The summed E-state index contributed by atoms with van der Waals surface area (Å²) in [5.41, 5.74) is 0.883. The minimum absolute atomic E-state index is 0.724. The Kier molecular flexibility index (Phi) is 3.41. The van der Waals surface area contributed by atoms with Gasteiger partial charge in [-0.25, -0.2) is 4.98 Å². The first-order valence-corrected chi connectivity index (χ1v) is 7.05. The number of ether oxygens (including phenoxy) is 1. The molecule has 0 bridgehead atoms. The summed E-state index contributed by atoms with van der Waals surface area (Å²) >= 11 is 1.83. The summed E-state index contributed by atoms with van der Waals surface area (Å²) < 4.78 is 7.76. The van der Waals surface area contributed by atoms with Crippen LogP contribution < -0.4 is 4.74 Å². The number of thioether (sulfide) groups is 1. The van der Waals surface area contributed by atoms with Crippen LogP contribution in [0.2, 0.25) is 0 Å². The fourth-order valence-corrected chi connectivity index (χ4v) is 2.69. The number of rotatable bonds is 5. The van der Waals surface area contributed by atoms with Gasteiger partial charge in [-0.3, -0.25) is 0 Å². The van der Waals surface area contributed by atoms with E-state index in [2.05, 4.69) is 21.5 Å². The Morgan fingerprint density at radius 3 is 3.28 bits per heavy atom. The lowest BCUT2D eigenvalue weighted by atomic mass is 10.4. The average Bonchev–Trinajstić information content (AvgIpc) is 3.05. The van der Waals surface area contributed by atoms with Gasteiger partial charge in [0.25, 0.3) is 0 Å². The number of aromatic nitrogens is 2. The maximum absolute atomic E-state index is 5.80. The Hall–Kier alpha value is -1.62. The van der Waals surface area contributed by atoms with Crippen molar-refractivity contribution in [3.63, 3.8) is 0 Å². The molecule has 1 aliphatic rings. The minimum Gasteiger partial charge on any atom is -0.490 e. The average molecular weight is 261 g/mol. The number of hydrogen-bond acceptors (Lipinski definition) is 4. The third-order valence-electron chi connectivity index (χ3n) is 2.84. The van der Waals surface area contributed by atoms with Gasteiger partial charge in [0.15, 0.2) is 11.4 Å². The summed E-state index contributed by atoms with van der Waals surface area (Å²) in [7, 11) is 0. The van der Waals surface area contributed by atoms with Crippen molar-refractivity contribution in [1.82, 2.24) is 14.3 Å². The highest BCUT2D eigenvalue weighted by Gasteiger charge is 2.05. The van der Waals surface area contributed by atoms with Crippen molar-refractivity contribution in [2.45, 2.75) is 6.42 Å². The smallest absolute Gasteiger partial charge is 0.179 e. The van der Waals surface area contributed by atoms with E-state index in [1.54, 1.807) is 6.20 Å². The molecule has 0 amide bonds. The Bertz CT molecular complexity index is 552. The van der Waals surface area contributed by atoms with Crippen LogP contribution in [0.25, 0.3) is 5.65 Å². The first-order valence-electron chi connectivity index (χ1n) is 6.00. The molecule has 0 aliphatic carbocycles. The molecule has 3 heterocycles.